The molecule has 0 unspecified atom stereocenters. The maximum Gasteiger partial charge on any atom is 0.318 e. The number of hydrogen-bond donors (Lipinski definition) is 0. The van der Waals surface area contributed by atoms with E-state index in [-0.39, 0.29) is 12.6 Å². The van der Waals surface area contributed by atoms with Crippen molar-refractivity contribution in [2.24, 2.45) is 0 Å². The lowest BCUT2D eigenvalue weighted by atomic mass is 9.95. The smallest absolute Gasteiger partial charge is 0.318 e. The van der Waals surface area contributed by atoms with E-state index in [1.54, 1.807) is 13.8 Å². The summed E-state index contributed by atoms with van der Waals surface area (Å²) in [6.45, 7) is 5.76. The minimum absolute atomic E-state index is 0.279. The molecule has 0 N–H and O–H groups in total. The van der Waals surface area contributed by atoms with Gasteiger partial charge in [0.2, 0.25) is 0 Å². The zero-order valence-electron chi connectivity index (χ0n) is 11.2. The van der Waals surface area contributed by atoms with Gasteiger partial charge in [0, 0.05) is 0 Å². The molecule has 0 bridgehead atoms. The van der Waals surface area contributed by atoms with E-state index in [4.69, 9.17) is 4.74 Å². The average molecular weight is 276 g/mol. The predicted octanol–water partition coefficient (Wildman–Crippen LogP) is 2.87. The zero-order chi connectivity index (χ0) is 13.9. The second kappa shape index (κ2) is 5.48. The third-order valence-corrected chi connectivity index (χ3v) is 3.95. The lowest BCUT2D eigenvalue weighted by Gasteiger charge is -2.19. The third kappa shape index (κ3) is 3.17. The van der Waals surface area contributed by atoms with Crippen molar-refractivity contribution in [3.8, 4) is 0 Å². The summed E-state index contributed by atoms with van der Waals surface area (Å²) in [4.78, 5) is 12.2. The fourth-order valence-electron chi connectivity index (χ4n) is 1.54. The van der Waals surface area contributed by atoms with Gasteiger partial charge >= 0.3 is 5.97 Å². The van der Waals surface area contributed by atoms with Gasteiger partial charge in [0.05, 0.1) is 0 Å². The molecule has 4 nitrogen and oxygen atoms in total. The van der Waals surface area contributed by atoms with E-state index in [1.165, 1.54) is 11.3 Å². The van der Waals surface area contributed by atoms with E-state index in [1.807, 2.05) is 37.3 Å². The standard InChI is InChI=1S/C14H16N2O2S/c1-10-15-16-12(19-10)14(2,3)13(17)18-9-11-7-5-4-6-8-11/h4-8H,9H2,1-3H3. The molecule has 0 spiro atoms. The number of aromatic nitrogens is 2. The number of rotatable bonds is 4. The highest BCUT2D eigenvalue weighted by atomic mass is 32.1. The van der Waals surface area contributed by atoms with Crippen LogP contribution in [0.5, 0.6) is 0 Å². The van der Waals surface area contributed by atoms with Crippen LogP contribution in [-0.2, 0) is 21.6 Å². The monoisotopic (exact) mass is 276 g/mol. The Bertz CT molecular complexity index is 564. The summed E-state index contributed by atoms with van der Waals surface area (Å²) in [6.07, 6.45) is 0. The van der Waals surface area contributed by atoms with Gasteiger partial charge in [-0.3, -0.25) is 4.79 Å². The van der Waals surface area contributed by atoms with Crippen LogP contribution in [0.3, 0.4) is 0 Å². The quantitative estimate of drug-likeness (QED) is 0.806. The normalized spacial score (nSPS) is 11.3. The van der Waals surface area contributed by atoms with Gasteiger partial charge in [-0.15, -0.1) is 21.5 Å². The van der Waals surface area contributed by atoms with Crippen molar-refractivity contribution in [3.05, 3.63) is 45.9 Å². The van der Waals surface area contributed by atoms with Gasteiger partial charge in [-0.05, 0) is 26.3 Å². The highest BCUT2D eigenvalue weighted by Crippen LogP contribution is 2.27. The molecule has 1 aromatic heterocycles. The van der Waals surface area contributed by atoms with Crippen LogP contribution in [0.25, 0.3) is 0 Å². The molecular formula is C14H16N2O2S. The van der Waals surface area contributed by atoms with E-state index in [0.717, 1.165) is 10.6 Å². The van der Waals surface area contributed by atoms with Gasteiger partial charge in [-0.2, -0.15) is 0 Å². The zero-order valence-corrected chi connectivity index (χ0v) is 12.0. The van der Waals surface area contributed by atoms with E-state index in [0.29, 0.717) is 5.01 Å². The van der Waals surface area contributed by atoms with E-state index >= 15 is 0 Å². The number of esters is 1. The summed E-state index contributed by atoms with van der Waals surface area (Å²) in [6, 6.07) is 9.62. The molecule has 0 atom stereocenters. The fraction of sp³-hybridized carbons (Fsp3) is 0.357. The van der Waals surface area contributed by atoms with Crippen molar-refractivity contribution in [3.63, 3.8) is 0 Å². The van der Waals surface area contributed by atoms with Crippen molar-refractivity contribution in [1.82, 2.24) is 10.2 Å². The number of nitrogens with zero attached hydrogens (tertiary/aromatic N) is 2. The van der Waals surface area contributed by atoms with E-state index in [9.17, 15) is 4.79 Å². The molecule has 0 saturated heterocycles. The number of hydrogen-bond acceptors (Lipinski definition) is 5. The summed E-state index contributed by atoms with van der Waals surface area (Å²) in [7, 11) is 0. The summed E-state index contributed by atoms with van der Waals surface area (Å²) in [5.74, 6) is -0.285. The summed E-state index contributed by atoms with van der Waals surface area (Å²) < 4.78 is 5.36. The van der Waals surface area contributed by atoms with Gasteiger partial charge in [-0.25, -0.2) is 0 Å². The van der Waals surface area contributed by atoms with Crippen LogP contribution in [0.15, 0.2) is 30.3 Å². The molecule has 1 heterocycles. The van der Waals surface area contributed by atoms with Crippen LogP contribution >= 0.6 is 11.3 Å². The van der Waals surface area contributed by atoms with Crippen LogP contribution in [0, 0.1) is 6.92 Å². The molecule has 0 aliphatic rings. The minimum atomic E-state index is -0.763. The maximum atomic E-state index is 12.2. The number of ether oxygens (including phenoxy) is 1. The van der Waals surface area contributed by atoms with Gasteiger partial charge in [0.15, 0.2) is 0 Å². The molecular weight excluding hydrogens is 260 g/mol. The Hall–Kier alpha value is -1.75. The van der Waals surface area contributed by atoms with E-state index < -0.39 is 5.41 Å². The number of aryl methyl sites for hydroxylation is 1. The van der Waals surface area contributed by atoms with Crippen LogP contribution in [0.2, 0.25) is 0 Å². The van der Waals surface area contributed by atoms with Crippen LogP contribution in [-0.4, -0.2) is 16.2 Å². The molecule has 0 saturated carbocycles. The fourth-order valence-corrected chi connectivity index (χ4v) is 2.32. The Morgan fingerprint density at radius 1 is 1.26 bits per heavy atom. The summed E-state index contributed by atoms with van der Waals surface area (Å²) >= 11 is 1.42. The lowest BCUT2D eigenvalue weighted by Crippen LogP contribution is -2.31. The number of carbonyl (C=O) groups excluding carboxylic acids is 1. The summed E-state index contributed by atoms with van der Waals surface area (Å²) in [5.41, 5.74) is 0.209. The van der Waals surface area contributed by atoms with Crippen LogP contribution in [0.4, 0.5) is 0 Å². The Morgan fingerprint density at radius 2 is 1.95 bits per heavy atom. The number of carbonyl (C=O) groups is 1. The highest BCUT2D eigenvalue weighted by Gasteiger charge is 2.35. The first-order chi connectivity index (χ1) is 9.00. The minimum Gasteiger partial charge on any atom is -0.460 e. The van der Waals surface area contributed by atoms with Gasteiger partial charge in [0.1, 0.15) is 22.0 Å². The van der Waals surface area contributed by atoms with Crippen LogP contribution in [0.1, 0.15) is 29.4 Å². The van der Waals surface area contributed by atoms with Gasteiger partial charge < -0.3 is 4.74 Å². The predicted molar refractivity (Wildman–Crippen MR) is 73.9 cm³/mol. The first-order valence-corrected chi connectivity index (χ1v) is 6.83. The molecule has 5 heteroatoms. The van der Waals surface area contributed by atoms with Crippen molar-refractivity contribution in [1.29, 1.82) is 0 Å². The SMILES string of the molecule is Cc1nnc(C(C)(C)C(=O)OCc2ccccc2)s1. The first kappa shape index (κ1) is 13.7. The molecule has 0 radical (unpaired) electrons. The van der Waals surface area contributed by atoms with Crippen molar-refractivity contribution in [2.75, 3.05) is 0 Å². The van der Waals surface area contributed by atoms with Crippen molar-refractivity contribution < 1.29 is 9.53 Å². The Kier molecular flexibility index (Phi) is 3.95. The first-order valence-electron chi connectivity index (χ1n) is 6.02. The lowest BCUT2D eigenvalue weighted by molar-refractivity contribution is -0.150. The largest absolute Gasteiger partial charge is 0.460 e. The number of benzene rings is 1. The second-order valence-electron chi connectivity index (χ2n) is 4.81. The molecule has 19 heavy (non-hydrogen) atoms. The average Bonchev–Trinajstić information content (AvgIpc) is 2.84. The molecule has 1 aromatic carbocycles. The molecule has 2 rings (SSSR count). The third-order valence-electron chi connectivity index (χ3n) is 2.78. The Balaban J connectivity index is 2.03. The molecule has 2 aromatic rings. The maximum absolute atomic E-state index is 12.2. The summed E-state index contributed by atoms with van der Waals surface area (Å²) in [5, 5.41) is 9.51. The van der Waals surface area contributed by atoms with Gasteiger partial charge in [-0.1, -0.05) is 30.3 Å². The molecule has 0 fully saturated rings. The molecule has 100 valence electrons. The second-order valence-corrected chi connectivity index (χ2v) is 5.99. The topological polar surface area (TPSA) is 52.1 Å². The molecule has 0 aliphatic heterocycles. The Morgan fingerprint density at radius 3 is 2.53 bits per heavy atom. The van der Waals surface area contributed by atoms with Crippen LogP contribution < -0.4 is 0 Å². The Labute approximate surface area is 116 Å². The van der Waals surface area contributed by atoms with Crippen molar-refractivity contribution in [2.45, 2.75) is 32.8 Å². The molecule has 0 amide bonds. The highest BCUT2D eigenvalue weighted by molar-refractivity contribution is 7.11. The van der Waals surface area contributed by atoms with Crippen molar-refractivity contribution >= 4 is 17.3 Å². The van der Waals surface area contributed by atoms with Gasteiger partial charge in [0.25, 0.3) is 0 Å². The molecule has 0 aliphatic carbocycles. The van der Waals surface area contributed by atoms with E-state index in [2.05, 4.69) is 10.2 Å².